The molecule has 0 radical (unpaired) electrons. The van der Waals surface area contributed by atoms with E-state index in [0.717, 1.165) is 16.9 Å². The van der Waals surface area contributed by atoms with Crippen LogP contribution in [0.25, 0.3) is 0 Å². The van der Waals surface area contributed by atoms with Crippen LogP contribution in [0, 0.1) is 0 Å². The summed E-state index contributed by atoms with van der Waals surface area (Å²) >= 11 is 0. The number of carbonyl (C=O) groups is 2. The van der Waals surface area contributed by atoms with E-state index in [9.17, 15) is 9.59 Å². The molecule has 1 aromatic heterocycles. The predicted molar refractivity (Wildman–Crippen MR) is 117 cm³/mol. The van der Waals surface area contributed by atoms with Gasteiger partial charge in [0.25, 0.3) is 5.91 Å². The zero-order valence-corrected chi connectivity index (χ0v) is 17.3. The molecule has 0 spiro atoms. The summed E-state index contributed by atoms with van der Waals surface area (Å²) < 4.78 is 11.2. The van der Waals surface area contributed by atoms with Crippen LogP contribution in [0.15, 0.2) is 73.1 Å². The molecule has 2 amide bonds. The van der Waals surface area contributed by atoms with Crippen LogP contribution in [0.2, 0.25) is 0 Å². The third kappa shape index (κ3) is 6.85. The van der Waals surface area contributed by atoms with Crippen molar-refractivity contribution in [1.82, 2.24) is 15.6 Å². The van der Waals surface area contributed by atoms with Crippen molar-refractivity contribution >= 4 is 11.8 Å². The van der Waals surface area contributed by atoms with Crippen LogP contribution >= 0.6 is 0 Å². The monoisotopic (exact) mass is 419 g/mol. The third-order valence-corrected chi connectivity index (χ3v) is 4.38. The van der Waals surface area contributed by atoms with Crippen molar-refractivity contribution in [2.75, 3.05) is 13.2 Å². The topological polar surface area (TPSA) is 89.5 Å². The minimum Gasteiger partial charge on any atom is -0.493 e. The first-order valence-corrected chi connectivity index (χ1v) is 10.0. The average molecular weight is 419 g/mol. The molecule has 0 aliphatic rings. The highest BCUT2D eigenvalue weighted by molar-refractivity contribution is 5.98. The summed E-state index contributed by atoms with van der Waals surface area (Å²) in [6.07, 6.45) is 3.48. The molecule has 160 valence electrons. The Bertz CT molecular complexity index is 991. The van der Waals surface area contributed by atoms with Gasteiger partial charge in [-0.3, -0.25) is 14.6 Å². The fourth-order valence-corrected chi connectivity index (χ4v) is 2.81. The summed E-state index contributed by atoms with van der Waals surface area (Å²) in [6, 6.07) is 18.2. The quantitative estimate of drug-likeness (QED) is 0.527. The van der Waals surface area contributed by atoms with Crippen LogP contribution in [0.1, 0.15) is 28.4 Å². The number of benzene rings is 2. The largest absolute Gasteiger partial charge is 0.493 e. The van der Waals surface area contributed by atoms with Gasteiger partial charge in [0.1, 0.15) is 18.1 Å². The van der Waals surface area contributed by atoms with Crippen molar-refractivity contribution in [3.05, 3.63) is 89.7 Å². The second-order valence-electron chi connectivity index (χ2n) is 6.68. The van der Waals surface area contributed by atoms with Crippen LogP contribution in [-0.2, 0) is 17.9 Å². The lowest BCUT2D eigenvalue weighted by atomic mass is 10.2. The van der Waals surface area contributed by atoms with Crippen LogP contribution < -0.4 is 20.1 Å². The van der Waals surface area contributed by atoms with Gasteiger partial charge in [-0.2, -0.15) is 0 Å². The van der Waals surface area contributed by atoms with Crippen molar-refractivity contribution < 1.29 is 19.1 Å². The van der Waals surface area contributed by atoms with Gasteiger partial charge < -0.3 is 20.1 Å². The van der Waals surface area contributed by atoms with Crippen molar-refractivity contribution in [3.63, 3.8) is 0 Å². The molecule has 0 saturated heterocycles. The molecule has 3 rings (SSSR count). The predicted octanol–water partition coefficient (Wildman–Crippen LogP) is 3.11. The number of rotatable bonds is 10. The van der Waals surface area contributed by atoms with Gasteiger partial charge in [0, 0.05) is 24.5 Å². The first kappa shape index (κ1) is 21.8. The fraction of sp³-hybridized carbons (Fsp3) is 0.208. The number of aromatic nitrogens is 1. The van der Waals surface area contributed by atoms with Crippen molar-refractivity contribution in [3.8, 4) is 11.5 Å². The number of hydrogen-bond acceptors (Lipinski definition) is 5. The molecule has 7 nitrogen and oxygen atoms in total. The zero-order chi connectivity index (χ0) is 21.9. The van der Waals surface area contributed by atoms with Gasteiger partial charge in [0.15, 0.2) is 0 Å². The van der Waals surface area contributed by atoms with E-state index in [0.29, 0.717) is 31.1 Å². The van der Waals surface area contributed by atoms with E-state index >= 15 is 0 Å². The molecule has 0 aliphatic heterocycles. The molecule has 0 aliphatic carbocycles. The van der Waals surface area contributed by atoms with Gasteiger partial charge in [0.2, 0.25) is 5.91 Å². The first-order chi connectivity index (χ1) is 15.2. The van der Waals surface area contributed by atoms with Gasteiger partial charge in [0.05, 0.1) is 18.7 Å². The number of amides is 2. The highest BCUT2D eigenvalue weighted by atomic mass is 16.5. The Balaban J connectivity index is 1.42. The molecule has 1 heterocycles. The van der Waals surface area contributed by atoms with Crippen molar-refractivity contribution in [2.24, 2.45) is 0 Å². The molecule has 0 fully saturated rings. The van der Waals surface area contributed by atoms with E-state index in [4.69, 9.17) is 9.47 Å². The molecule has 3 aromatic rings. The number of ether oxygens (including phenoxy) is 2. The Morgan fingerprint density at radius 3 is 2.45 bits per heavy atom. The lowest BCUT2D eigenvalue weighted by molar-refractivity contribution is -0.120. The summed E-state index contributed by atoms with van der Waals surface area (Å²) in [5, 5.41) is 5.41. The normalized spacial score (nSPS) is 10.2. The maximum atomic E-state index is 12.3. The maximum Gasteiger partial charge on any atom is 0.255 e. The van der Waals surface area contributed by atoms with E-state index in [1.807, 2.05) is 43.3 Å². The fourth-order valence-electron chi connectivity index (χ4n) is 2.81. The molecule has 2 aromatic carbocycles. The van der Waals surface area contributed by atoms with Crippen LogP contribution in [0.5, 0.6) is 11.5 Å². The molecule has 2 N–H and O–H groups in total. The van der Waals surface area contributed by atoms with Gasteiger partial charge in [-0.05, 0) is 42.8 Å². The highest BCUT2D eigenvalue weighted by Gasteiger charge is 2.12. The minimum absolute atomic E-state index is 0.119. The number of nitrogens with one attached hydrogen (secondary N) is 2. The molecule has 0 unspecified atom stereocenters. The summed E-state index contributed by atoms with van der Waals surface area (Å²) in [5.74, 6) is 0.598. The summed E-state index contributed by atoms with van der Waals surface area (Å²) in [7, 11) is 0. The Hall–Kier alpha value is -3.87. The van der Waals surface area contributed by atoms with Crippen LogP contribution in [0.4, 0.5) is 0 Å². The zero-order valence-electron chi connectivity index (χ0n) is 17.3. The van der Waals surface area contributed by atoms with Crippen molar-refractivity contribution in [1.29, 1.82) is 0 Å². The summed E-state index contributed by atoms with van der Waals surface area (Å²) in [4.78, 5) is 28.5. The molecule has 0 atom stereocenters. The maximum absolute atomic E-state index is 12.3. The number of para-hydroxylation sites is 1. The molecule has 7 heteroatoms. The third-order valence-electron chi connectivity index (χ3n) is 4.38. The SMILES string of the molecule is CCOc1ccccc1C(=O)NCC(=O)NCc1ccc(OCc2cccnc2)cc1. The highest BCUT2D eigenvalue weighted by Crippen LogP contribution is 2.17. The molecule has 0 saturated carbocycles. The molecule has 0 bridgehead atoms. The number of hydrogen-bond donors (Lipinski definition) is 2. The summed E-state index contributed by atoms with van der Waals surface area (Å²) in [6.45, 7) is 2.98. The summed E-state index contributed by atoms with van der Waals surface area (Å²) in [5.41, 5.74) is 2.32. The standard InChI is InChI=1S/C24H25N3O4/c1-2-30-22-8-4-3-7-21(22)24(29)27-16-23(28)26-15-18-9-11-20(12-10-18)31-17-19-6-5-13-25-14-19/h3-14H,2,15-17H2,1H3,(H,26,28)(H,27,29). The second-order valence-corrected chi connectivity index (χ2v) is 6.68. The Labute approximate surface area is 181 Å². The lowest BCUT2D eigenvalue weighted by Gasteiger charge is -2.11. The number of nitrogens with zero attached hydrogens (tertiary/aromatic N) is 1. The molecule has 31 heavy (non-hydrogen) atoms. The minimum atomic E-state index is -0.352. The molecular weight excluding hydrogens is 394 g/mol. The smallest absolute Gasteiger partial charge is 0.255 e. The van der Waals surface area contributed by atoms with E-state index in [-0.39, 0.29) is 18.4 Å². The Morgan fingerprint density at radius 2 is 1.71 bits per heavy atom. The second kappa shape index (κ2) is 11.3. The Morgan fingerprint density at radius 1 is 0.903 bits per heavy atom. The average Bonchev–Trinajstić information content (AvgIpc) is 2.82. The number of pyridine rings is 1. The molecular formula is C24H25N3O4. The van der Waals surface area contributed by atoms with E-state index < -0.39 is 0 Å². The van der Waals surface area contributed by atoms with E-state index in [2.05, 4.69) is 15.6 Å². The van der Waals surface area contributed by atoms with Gasteiger partial charge in [-0.25, -0.2) is 0 Å². The van der Waals surface area contributed by atoms with E-state index in [1.165, 1.54) is 0 Å². The van der Waals surface area contributed by atoms with Gasteiger partial charge >= 0.3 is 0 Å². The lowest BCUT2D eigenvalue weighted by Crippen LogP contribution is -2.36. The van der Waals surface area contributed by atoms with E-state index in [1.54, 1.807) is 36.7 Å². The van der Waals surface area contributed by atoms with Crippen LogP contribution in [-0.4, -0.2) is 29.9 Å². The first-order valence-electron chi connectivity index (χ1n) is 10.0. The van der Waals surface area contributed by atoms with Crippen molar-refractivity contribution in [2.45, 2.75) is 20.1 Å². The Kier molecular flexibility index (Phi) is 7.99. The van der Waals surface area contributed by atoms with Gasteiger partial charge in [-0.1, -0.05) is 30.3 Å². The van der Waals surface area contributed by atoms with Gasteiger partial charge in [-0.15, -0.1) is 0 Å². The number of carbonyl (C=O) groups excluding carboxylic acids is 2. The van der Waals surface area contributed by atoms with Crippen LogP contribution in [0.3, 0.4) is 0 Å².